The lowest BCUT2D eigenvalue weighted by atomic mass is 10.1. The largest absolute Gasteiger partial charge is 0.361 e. The van der Waals surface area contributed by atoms with Gasteiger partial charge < -0.3 is 14.7 Å². The number of hydrogen-bond donors (Lipinski definition) is 1. The Balaban J connectivity index is 2.09. The summed E-state index contributed by atoms with van der Waals surface area (Å²) in [5.74, 6) is 0.601. The molecule has 1 atom stereocenters. The van der Waals surface area contributed by atoms with E-state index < -0.39 is 19.0 Å². The Morgan fingerprint density at radius 2 is 1.96 bits per heavy atom. The first-order chi connectivity index (χ1) is 11.4. The van der Waals surface area contributed by atoms with Crippen LogP contribution in [-0.4, -0.2) is 29.1 Å². The van der Waals surface area contributed by atoms with Crippen LogP contribution >= 0.6 is 0 Å². The van der Waals surface area contributed by atoms with Crippen LogP contribution in [0.5, 0.6) is 0 Å². The van der Waals surface area contributed by atoms with Crippen molar-refractivity contribution in [1.82, 2.24) is 15.4 Å². The van der Waals surface area contributed by atoms with Crippen LogP contribution in [0.15, 0.2) is 34.9 Å². The third-order valence-corrected chi connectivity index (χ3v) is 3.72. The Hall–Kier alpha value is -2.44. The van der Waals surface area contributed by atoms with E-state index in [1.54, 1.807) is 45.0 Å². The molecule has 0 spiro atoms. The third kappa shape index (κ3) is 4.53. The number of urea groups is 1. The SMILES string of the molecule is Cc1noc(C)c1[C@@H](C)NC(=O)N(Cc1ccccc1)CC(F)F. The zero-order valence-electron chi connectivity index (χ0n) is 13.9. The Morgan fingerprint density at radius 1 is 1.29 bits per heavy atom. The number of aromatic nitrogens is 1. The number of benzene rings is 1. The van der Waals surface area contributed by atoms with Crippen molar-refractivity contribution in [3.63, 3.8) is 0 Å². The molecule has 1 aromatic heterocycles. The first kappa shape index (κ1) is 17.9. The van der Waals surface area contributed by atoms with Gasteiger partial charge in [-0.2, -0.15) is 0 Å². The van der Waals surface area contributed by atoms with Crippen molar-refractivity contribution in [2.24, 2.45) is 0 Å². The van der Waals surface area contributed by atoms with E-state index in [0.29, 0.717) is 11.5 Å². The van der Waals surface area contributed by atoms with Gasteiger partial charge in [-0.25, -0.2) is 13.6 Å². The molecule has 0 radical (unpaired) electrons. The average Bonchev–Trinajstić information content (AvgIpc) is 2.86. The highest BCUT2D eigenvalue weighted by Crippen LogP contribution is 2.21. The number of nitrogens with zero attached hydrogens (tertiary/aromatic N) is 2. The summed E-state index contributed by atoms with van der Waals surface area (Å²) in [6, 6.07) is 8.10. The normalized spacial score (nSPS) is 12.2. The zero-order chi connectivity index (χ0) is 17.7. The summed E-state index contributed by atoms with van der Waals surface area (Å²) in [6.07, 6.45) is -2.60. The molecule has 7 heteroatoms. The summed E-state index contributed by atoms with van der Waals surface area (Å²) in [6.45, 7) is 4.78. The number of halogens is 2. The van der Waals surface area contributed by atoms with Crippen molar-refractivity contribution < 1.29 is 18.1 Å². The predicted octanol–water partition coefficient (Wildman–Crippen LogP) is 3.83. The van der Waals surface area contributed by atoms with Crippen LogP contribution in [-0.2, 0) is 6.54 Å². The summed E-state index contributed by atoms with van der Waals surface area (Å²) in [7, 11) is 0. The van der Waals surface area contributed by atoms with E-state index in [-0.39, 0.29) is 12.6 Å². The molecule has 0 aliphatic rings. The first-order valence-electron chi connectivity index (χ1n) is 7.68. The van der Waals surface area contributed by atoms with E-state index in [1.807, 2.05) is 6.07 Å². The number of carbonyl (C=O) groups is 1. The fourth-order valence-electron chi connectivity index (χ4n) is 2.65. The number of hydrogen-bond acceptors (Lipinski definition) is 3. The van der Waals surface area contributed by atoms with E-state index in [0.717, 1.165) is 16.0 Å². The fourth-order valence-corrected chi connectivity index (χ4v) is 2.65. The second-order valence-electron chi connectivity index (χ2n) is 5.67. The Bertz CT molecular complexity index is 654. The molecular formula is C17H21F2N3O2. The number of nitrogens with one attached hydrogen (secondary N) is 1. The number of aryl methyl sites for hydroxylation is 2. The molecule has 1 aromatic carbocycles. The van der Waals surface area contributed by atoms with E-state index in [4.69, 9.17) is 4.52 Å². The summed E-state index contributed by atoms with van der Waals surface area (Å²) in [4.78, 5) is 13.5. The minimum Gasteiger partial charge on any atom is -0.361 e. The first-order valence-corrected chi connectivity index (χ1v) is 7.68. The number of rotatable bonds is 6. The Labute approximate surface area is 139 Å². The monoisotopic (exact) mass is 337 g/mol. The summed E-state index contributed by atoms with van der Waals surface area (Å²) in [5, 5.41) is 6.59. The Kier molecular flexibility index (Phi) is 5.89. The van der Waals surface area contributed by atoms with Gasteiger partial charge in [-0.05, 0) is 26.3 Å². The van der Waals surface area contributed by atoms with Crippen molar-refractivity contribution in [2.45, 2.75) is 39.8 Å². The second-order valence-corrected chi connectivity index (χ2v) is 5.67. The summed E-state index contributed by atoms with van der Waals surface area (Å²) < 4.78 is 30.8. The van der Waals surface area contributed by atoms with Gasteiger partial charge in [0.25, 0.3) is 6.43 Å². The average molecular weight is 337 g/mol. The highest BCUT2D eigenvalue weighted by molar-refractivity contribution is 5.74. The molecule has 2 amide bonds. The molecule has 0 aliphatic carbocycles. The standard InChI is InChI=1S/C17H21F2N3O2/c1-11(16-12(2)21-24-13(16)3)20-17(23)22(10-15(18)19)9-14-7-5-4-6-8-14/h4-8,11,15H,9-10H2,1-3H3,(H,20,23)/t11-/m1/s1. The van der Waals surface area contributed by atoms with Crippen molar-refractivity contribution in [2.75, 3.05) is 6.54 Å². The van der Waals surface area contributed by atoms with Gasteiger partial charge in [-0.1, -0.05) is 35.5 Å². The maximum Gasteiger partial charge on any atom is 0.318 e. The van der Waals surface area contributed by atoms with Crippen LogP contribution in [0, 0.1) is 13.8 Å². The third-order valence-electron chi connectivity index (χ3n) is 3.72. The van der Waals surface area contributed by atoms with Gasteiger partial charge in [0, 0.05) is 12.1 Å². The minimum absolute atomic E-state index is 0.116. The maximum absolute atomic E-state index is 12.8. The lowest BCUT2D eigenvalue weighted by Crippen LogP contribution is -2.43. The molecule has 0 saturated heterocycles. The Morgan fingerprint density at radius 3 is 2.50 bits per heavy atom. The second kappa shape index (κ2) is 7.90. The summed E-state index contributed by atoms with van der Waals surface area (Å²) >= 11 is 0. The molecule has 0 unspecified atom stereocenters. The van der Waals surface area contributed by atoms with Gasteiger partial charge in [0.15, 0.2) is 0 Å². The summed E-state index contributed by atoms with van der Waals surface area (Å²) in [5.41, 5.74) is 2.22. The van der Waals surface area contributed by atoms with Crippen LogP contribution in [0.3, 0.4) is 0 Å². The van der Waals surface area contributed by atoms with Crippen LogP contribution in [0.25, 0.3) is 0 Å². The van der Waals surface area contributed by atoms with Gasteiger partial charge >= 0.3 is 6.03 Å². The molecule has 1 heterocycles. The minimum atomic E-state index is -2.60. The van der Waals surface area contributed by atoms with Crippen LogP contribution < -0.4 is 5.32 Å². The van der Waals surface area contributed by atoms with E-state index in [2.05, 4.69) is 10.5 Å². The molecule has 24 heavy (non-hydrogen) atoms. The van der Waals surface area contributed by atoms with Crippen molar-refractivity contribution in [3.8, 4) is 0 Å². The number of amides is 2. The molecule has 0 bridgehead atoms. The van der Waals surface area contributed by atoms with Gasteiger partial charge in [-0.3, -0.25) is 0 Å². The molecule has 0 aliphatic heterocycles. The van der Waals surface area contributed by atoms with E-state index >= 15 is 0 Å². The lowest BCUT2D eigenvalue weighted by molar-refractivity contribution is 0.0949. The number of carbonyl (C=O) groups excluding carboxylic acids is 1. The fraction of sp³-hybridized carbons (Fsp3) is 0.412. The van der Waals surface area contributed by atoms with Crippen LogP contribution in [0.4, 0.5) is 13.6 Å². The predicted molar refractivity (Wildman–Crippen MR) is 85.8 cm³/mol. The molecule has 2 aromatic rings. The molecule has 2 rings (SSSR count). The molecule has 0 fully saturated rings. The topological polar surface area (TPSA) is 58.4 Å². The molecule has 130 valence electrons. The van der Waals surface area contributed by atoms with E-state index in [1.165, 1.54) is 0 Å². The number of alkyl halides is 2. The van der Waals surface area contributed by atoms with E-state index in [9.17, 15) is 13.6 Å². The molecule has 5 nitrogen and oxygen atoms in total. The van der Waals surface area contributed by atoms with Gasteiger partial charge in [0.1, 0.15) is 5.76 Å². The quantitative estimate of drug-likeness (QED) is 0.871. The van der Waals surface area contributed by atoms with Gasteiger partial charge in [-0.15, -0.1) is 0 Å². The van der Waals surface area contributed by atoms with Crippen molar-refractivity contribution in [3.05, 3.63) is 52.9 Å². The zero-order valence-corrected chi connectivity index (χ0v) is 13.9. The highest BCUT2D eigenvalue weighted by atomic mass is 19.3. The van der Waals surface area contributed by atoms with Crippen molar-refractivity contribution in [1.29, 1.82) is 0 Å². The molecular weight excluding hydrogens is 316 g/mol. The van der Waals surface area contributed by atoms with Crippen LogP contribution in [0.2, 0.25) is 0 Å². The molecule has 0 saturated carbocycles. The van der Waals surface area contributed by atoms with Crippen LogP contribution in [0.1, 0.15) is 35.5 Å². The van der Waals surface area contributed by atoms with Crippen molar-refractivity contribution >= 4 is 6.03 Å². The molecule has 1 N–H and O–H groups in total. The maximum atomic E-state index is 12.8. The van der Waals surface area contributed by atoms with Gasteiger partial charge in [0.05, 0.1) is 18.3 Å². The smallest absolute Gasteiger partial charge is 0.318 e. The lowest BCUT2D eigenvalue weighted by Gasteiger charge is -2.25. The van der Waals surface area contributed by atoms with Gasteiger partial charge in [0.2, 0.25) is 0 Å². The highest BCUT2D eigenvalue weighted by Gasteiger charge is 2.23.